The maximum Gasteiger partial charge on any atom is 0.239 e. The van der Waals surface area contributed by atoms with Crippen LogP contribution in [0.3, 0.4) is 0 Å². The minimum absolute atomic E-state index is 0.0531. The second kappa shape index (κ2) is 6.67. The zero-order valence-corrected chi connectivity index (χ0v) is 14.0. The summed E-state index contributed by atoms with van der Waals surface area (Å²) in [7, 11) is 3.62. The Morgan fingerprint density at radius 3 is 2.43 bits per heavy atom. The van der Waals surface area contributed by atoms with E-state index in [0.717, 1.165) is 31.2 Å². The van der Waals surface area contributed by atoms with Crippen LogP contribution in [0.4, 0.5) is 5.69 Å². The predicted octanol–water partition coefficient (Wildman–Crippen LogP) is 2.25. The third kappa shape index (κ3) is 3.69. The van der Waals surface area contributed by atoms with Gasteiger partial charge in [-0.1, -0.05) is 17.7 Å². The van der Waals surface area contributed by atoms with Gasteiger partial charge in [-0.15, -0.1) is 0 Å². The molecule has 4 nitrogen and oxygen atoms in total. The molecule has 1 saturated heterocycles. The van der Waals surface area contributed by atoms with Crippen LogP contribution in [-0.2, 0) is 4.79 Å². The van der Waals surface area contributed by atoms with Gasteiger partial charge in [-0.05, 0) is 31.5 Å². The summed E-state index contributed by atoms with van der Waals surface area (Å²) >= 11 is 6.10. The molecule has 0 bridgehead atoms. The second-order valence-electron chi connectivity index (χ2n) is 5.86. The average molecular weight is 310 g/mol. The molecule has 1 heterocycles. The zero-order valence-electron chi connectivity index (χ0n) is 13.3. The maximum atomic E-state index is 12.0. The Morgan fingerprint density at radius 2 is 1.86 bits per heavy atom. The molecule has 0 spiro atoms. The van der Waals surface area contributed by atoms with Gasteiger partial charge < -0.3 is 9.80 Å². The number of aryl methyl sites for hydroxylation is 1. The number of anilines is 1. The molecule has 1 aliphatic heterocycles. The maximum absolute atomic E-state index is 12.0. The van der Waals surface area contributed by atoms with E-state index in [-0.39, 0.29) is 11.9 Å². The normalized spacial score (nSPS) is 17.7. The van der Waals surface area contributed by atoms with Crippen LogP contribution >= 0.6 is 11.6 Å². The number of hydrogen-bond acceptors (Lipinski definition) is 3. The number of benzene rings is 1. The fourth-order valence-corrected chi connectivity index (χ4v) is 2.97. The Balaban J connectivity index is 2.00. The number of amides is 1. The molecule has 1 aromatic rings. The second-order valence-corrected chi connectivity index (χ2v) is 6.30. The number of likely N-dealkylation sites (N-methyl/N-ethyl adjacent to an activating group) is 1. The van der Waals surface area contributed by atoms with Crippen molar-refractivity contribution in [3.05, 3.63) is 28.8 Å². The first-order valence-corrected chi connectivity index (χ1v) is 7.74. The number of piperazine rings is 1. The summed E-state index contributed by atoms with van der Waals surface area (Å²) in [5.41, 5.74) is 2.44. The standard InChI is InChI=1S/C16H24ClN3O/c1-12-5-6-14(17)11-15(12)20-9-7-19(8-10-20)13(2)16(21)18(3)4/h5-6,11,13H,7-10H2,1-4H3. The number of carbonyl (C=O) groups excluding carboxylic acids is 1. The summed E-state index contributed by atoms with van der Waals surface area (Å²) in [6, 6.07) is 5.96. The van der Waals surface area contributed by atoms with E-state index in [1.807, 2.05) is 33.2 Å². The Kier molecular flexibility index (Phi) is 5.12. The van der Waals surface area contributed by atoms with Crippen LogP contribution in [0.1, 0.15) is 12.5 Å². The van der Waals surface area contributed by atoms with E-state index in [4.69, 9.17) is 11.6 Å². The quantitative estimate of drug-likeness (QED) is 0.857. The van der Waals surface area contributed by atoms with Crippen molar-refractivity contribution in [3.63, 3.8) is 0 Å². The third-order valence-corrected chi connectivity index (χ3v) is 4.41. The molecule has 116 valence electrons. The first-order chi connectivity index (χ1) is 9.90. The highest BCUT2D eigenvalue weighted by molar-refractivity contribution is 6.30. The largest absolute Gasteiger partial charge is 0.369 e. The fraction of sp³-hybridized carbons (Fsp3) is 0.562. The Labute approximate surface area is 132 Å². The van der Waals surface area contributed by atoms with Crippen LogP contribution in [0.2, 0.25) is 5.02 Å². The highest BCUT2D eigenvalue weighted by Gasteiger charge is 2.26. The van der Waals surface area contributed by atoms with Crippen LogP contribution in [-0.4, -0.2) is 62.0 Å². The summed E-state index contributed by atoms with van der Waals surface area (Å²) in [6.45, 7) is 7.73. The minimum atomic E-state index is -0.0531. The van der Waals surface area contributed by atoms with Crippen molar-refractivity contribution in [2.75, 3.05) is 45.2 Å². The van der Waals surface area contributed by atoms with Gasteiger partial charge >= 0.3 is 0 Å². The van der Waals surface area contributed by atoms with Gasteiger partial charge in [0.1, 0.15) is 0 Å². The molecule has 0 aliphatic carbocycles. The van der Waals surface area contributed by atoms with Gasteiger partial charge in [0, 0.05) is 51.0 Å². The highest BCUT2D eigenvalue weighted by Crippen LogP contribution is 2.25. The fourth-order valence-electron chi connectivity index (χ4n) is 2.80. The van der Waals surface area contributed by atoms with Crippen molar-refractivity contribution in [1.82, 2.24) is 9.80 Å². The molecule has 1 aliphatic rings. The van der Waals surface area contributed by atoms with Crippen molar-refractivity contribution in [3.8, 4) is 0 Å². The van der Waals surface area contributed by atoms with E-state index in [1.165, 1.54) is 11.3 Å². The van der Waals surface area contributed by atoms with Gasteiger partial charge in [-0.25, -0.2) is 0 Å². The first kappa shape index (κ1) is 16.1. The van der Waals surface area contributed by atoms with Crippen LogP contribution < -0.4 is 4.90 Å². The van der Waals surface area contributed by atoms with Crippen LogP contribution in [0, 0.1) is 6.92 Å². The number of nitrogens with zero attached hydrogens (tertiary/aromatic N) is 3. The van der Waals surface area contributed by atoms with Crippen molar-refractivity contribution in [1.29, 1.82) is 0 Å². The van der Waals surface area contributed by atoms with Crippen molar-refractivity contribution < 1.29 is 4.79 Å². The Morgan fingerprint density at radius 1 is 1.24 bits per heavy atom. The van der Waals surface area contributed by atoms with Gasteiger partial charge in [-0.3, -0.25) is 9.69 Å². The molecular weight excluding hydrogens is 286 g/mol. The van der Waals surface area contributed by atoms with E-state index in [2.05, 4.69) is 22.8 Å². The molecule has 1 unspecified atom stereocenters. The number of carbonyl (C=O) groups is 1. The predicted molar refractivity (Wildman–Crippen MR) is 88.1 cm³/mol. The van der Waals surface area contributed by atoms with Crippen molar-refractivity contribution >= 4 is 23.2 Å². The smallest absolute Gasteiger partial charge is 0.239 e. The molecule has 5 heteroatoms. The Hall–Kier alpha value is -1.26. The number of halogens is 1. The molecule has 21 heavy (non-hydrogen) atoms. The molecule has 0 aromatic heterocycles. The lowest BCUT2D eigenvalue weighted by molar-refractivity contribution is -0.133. The molecule has 0 N–H and O–H groups in total. The molecule has 0 saturated carbocycles. The molecule has 1 fully saturated rings. The summed E-state index contributed by atoms with van der Waals surface area (Å²) in [4.78, 5) is 18.3. The first-order valence-electron chi connectivity index (χ1n) is 7.36. The van der Waals surface area contributed by atoms with Crippen molar-refractivity contribution in [2.45, 2.75) is 19.9 Å². The zero-order chi connectivity index (χ0) is 15.6. The lowest BCUT2D eigenvalue weighted by Crippen LogP contribution is -2.53. The van der Waals surface area contributed by atoms with Crippen LogP contribution in [0.25, 0.3) is 0 Å². The lowest BCUT2D eigenvalue weighted by atomic mass is 10.1. The van der Waals surface area contributed by atoms with E-state index < -0.39 is 0 Å². The monoisotopic (exact) mass is 309 g/mol. The molecule has 2 rings (SSSR count). The molecular formula is C16H24ClN3O. The minimum Gasteiger partial charge on any atom is -0.369 e. The van der Waals surface area contributed by atoms with E-state index >= 15 is 0 Å². The molecule has 1 amide bonds. The third-order valence-electron chi connectivity index (χ3n) is 4.17. The van der Waals surface area contributed by atoms with Crippen LogP contribution in [0.5, 0.6) is 0 Å². The molecule has 1 atom stereocenters. The molecule has 0 radical (unpaired) electrons. The summed E-state index contributed by atoms with van der Waals surface area (Å²) in [5.74, 6) is 0.169. The number of hydrogen-bond donors (Lipinski definition) is 0. The number of rotatable bonds is 3. The van der Waals surface area contributed by atoms with Gasteiger partial charge in [0.05, 0.1) is 6.04 Å². The lowest BCUT2D eigenvalue weighted by Gasteiger charge is -2.39. The van der Waals surface area contributed by atoms with Crippen molar-refractivity contribution in [2.24, 2.45) is 0 Å². The Bertz CT molecular complexity index is 510. The summed E-state index contributed by atoms with van der Waals surface area (Å²) < 4.78 is 0. The highest BCUT2D eigenvalue weighted by atomic mass is 35.5. The van der Waals surface area contributed by atoms with E-state index in [0.29, 0.717) is 0 Å². The summed E-state index contributed by atoms with van der Waals surface area (Å²) in [6.07, 6.45) is 0. The van der Waals surface area contributed by atoms with Gasteiger partial charge in [-0.2, -0.15) is 0 Å². The van der Waals surface area contributed by atoms with Gasteiger partial charge in [0.2, 0.25) is 5.91 Å². The molecule has 1 aromatic carbocycles. The topological polar surface area (TPSA) is 26.8 Å². The SMILES string of the molecule is Cc1ccc(Cl)cc1N1CCN(C(C)C(=O)N(C)C)CC1. The van der Waals surface area contributed by atoms with E-state index in [1.54, 1.807) is 4.90 Å². The average Bonchev–Trinajstić information content (AvgIpc) is 2.48. The van der Waals surface area contributed by atoms with Gasteiger partial charge in [0.25, 0.3) is 0 Å². The summed E-state index contributed by atoms with van der Waals surface area (Å²) in [5, 5.41) is 0.772. The van der Waals surface area contributed by atoms with Crippen LogP contribution in [0.15, 0.2) is 18.2 Å². The van der Waals surface area contributed by atoms with E-state index in [9.17, 15) is 4.79 Å². The van der Waals surface area contributed by atoms with Gasteiger partial charge in [0.15, 0.2) is 0 Å².